The summed E-state index contributed by atoms with van der Waals surface area (Å²) in [5, 5.41) is 16.3. The summed E-state index contributed by atoms with van der Waals surface area (Å²) >= 11 is 3.47. The number of para-hydroxylation sites is 1. The van der Waals surface area contributed by atoms with Crippen molar-refractivity contribution in [2.45, 2.75) is 25.3 Å². The van der Waals surface area contributed by atoms with Gasteiger partial charge in [-0.1, -0.05) is 19.1 Å². The van der Waals surface area contributed by atoms with Crippen molar-refractivity contribution in [3.8, 4) is 0 Å². The van der Waals surface area contributed by atoms with Gasteiger partial charge in [-0.25, -0.2) is 4.79 Å². The third kappa shape index (κ3) is 2.77. The number of halogens is 1. The minimum Gasteiger partial charge on any atom is -0.479 e. The van der Waals surface area contributed by atoms with E-state index in [0.29, 0.717) is 6.42 Å². The fraction of sp³-hybridized carbons (Fsp3) is 0.500. The summed E-state index contributed by atoms with van der Waals surface area (Å²) in [7, 11) is 0. The van der Waals surface area contributed by atoms with Gasteiger partial charge in [0.1, 0.15) is 5.54 Å². The molecule has 1 aliphatic rings. The Morgan fingerprint density at radius 3 is 2.95 bits per heavy atom. The van der Waals surface area contributed by atoms with Crippen LogP contribution in [0.2, 0.25) is 0 Å². The second kappa shape index (κ2) is 5.92. The third-order valence-corrected chi connectivity index (χ3v) is 4.58. The van der Waals surface area contributed by atoms with Gasteiger partial charge in [0.05, 0.1) is 0 Å². The van der Waals surface area contributed by atoms with Gasteiger partial charge in [-0.05, 0) is 47.4 Å². The van der Waals surface area contributed by atoms with Crippen LogP contribution < -0.4 is 10.6 Å². The Bertz CT molecular complexity index is 467. The topological polar surface area (TPSA) is 61.4 Å². The molecule has 1 aromatic carbocycles. The van der Waals surface area contributed by atoms with Crippen LogP contribution in [-0.4, -0.2) is 29.7 Å². The van der Waals surface area contributed by atoms with E-state index in [4.69, 9.17) is 0 Å². The minimum absolute atomic E-state index is 0.0749. The zero-order valence-electron chi connectivity index (χ0n) is 10.9. The van der Waals surface area contributed by atoms with Gasteiger partial charge in [-0.3, -0.25) is 0 Å². The molecule has 0 saturated carbocycles. The lowest BCUT2D eigenvalue weighted by Gasteiger charge is -2.42. The Labute approximate surface area is 121 Å². The normalized spacial score (nSPS) is 26.9. The van der Waals surface area contributed by atoms with E-state index in [9.17, 15) is 9.90 Å². The van der Waals surface area contributed by atoms with Gasteiger partial charge < -0.3 is 15.7 Å². The van der Waals surface area contributed by atoms with Gasteiger partial charge in [0.15, 0.2) is 0 Å². The lowest BCUT2D eigenvalue weighted by molar-refractivity contribution is -0.145. The number of hydrogen-bond donors (Lipinski definition) is 3. The smallest absolute Gasteiger partial charge is 0.329 e. The van der Waals surface area contributed by atoms with E-state index in [2.05, 4.69) is 26.6 Å². The van der Waals surface area contributed by atoms with Crippen LogP contribution in [0.4, 0.5) is 5.69 Å². The first-order chi connectivity index (χ1) is 9.10. The van der Waals surface area contributed by atoms with Gasteiger partial charge in [0.2, 0.25) is 0 Å². The maximum absolute atomic E-state index is 11.9. The molecular formula is C14H19BrN2O2. The average Bonchev–Trinajstić information content (AvgIpc) is 2.41. The lowest BCUT2D eigenvalue weighted by atomic mass is 9.76. The van der Waals surface area contributed by atoms with E-state index in [1.165, 1.54) is 0 Å². The van der Waals surface area contributed by atoms with Crippen LogP contribution in [0.5, 0.6) is 0 Å². The molecule has 3 N–H and O–H groups in total. The fourth-order valence-electron chi connectivity index (χ4n) is 2.74. The van der Waals surface area contributed by atoms with Crippen LogP contribution in [0.1, 0.15) is 19.8 Å². The zero-order chi connectivity index (χ0) is 13.9. The van der Waals surface area contributed by atoms with Gasteiger partial charge in [0.25, 0.3) is 0 Å². The number of piperidine rings is 1. The molecule has 2 atom stereocenters. The summed E-state index contributed by atoms with van der Waals surface area (Å²) in [6, 6.07) is 7.65. The molecule has 0 bridgehead atoms. The van der Waals surface area contributed by atoms with E-state index in [1.807, 2.05) is 31.2 Å². The number of anilines is 1. The molecule has 2 rings (SSSR count). The van der Waals surface area contributed by atoms with Crippen LogP contribution in [0.15, 0.2) is 28.7 Å². The number of rotatable bonds is 4. The number of hydrogen-bond acceptors (Lipinski definition) is 3. The van der Waals surface area contributed by atoms with E-state index >= 15 is 0 Å². The second-order valence-corrected chi connectivity index (χ2v) is 5.79. The summed E-state index contributed by atoms with van der Waals surface area (Å²) in [5.41, 5.74) is -0.0469. The molecule has 5 heteroatoms. The Morgan fingerprint density at radius 1 is 1.58 bits per heavy atom. The van der Waals surface area contributed by atoms with Crippen LogP contribution >= 0.6 is 15.9 Å². The number of carboxylic acids is 1. The van der Waals surface area contributed by atoms with Crippen molar-refractivity contribution < 1.29 is 9.90 Å². The molecule has 0 spiro atoms. The lowest BCUT2D eigenvalue weighted by Crippen LogP contribution is -2.59. The van der Waals surface area contributed by atoms with Crippen molar-refractivity contribution in [1.82, 2.24) is 5.32 Å². The quantitative estimate of drug-likeness (QED) is 0.796. The van der Waals surface area contributed by atoms with Gasteiger partial charge in [-0.15, -0.1) is 0 Å². The summed E-state index contributed by atoms with van der Waals surface area (Å²) in [6.45, 7) is 3.50. The Morgan fingerprint density at radius 2 is 2.32 bits per heavy atom. The van der Waals surface area contributed by atoms with Crippen LogP contribution in [0.25, 0.3) is 0 Å². The van der Waals surface area contributed by atoms with Crippen molar-refractivity contribution >= 4 is 27.6 Å². The Kier molecular flexibility index (Phi) is 4.47. The van der Waals surface area contributed by atoms with Crippen molar-refractivity contribution in [3.05, 3.63) is 28.7 Å². The molecule has 1 heterocycles. The Hall–Kier alpha value is -1.07. The van der Waals surface area contributed by atoms with Crippen LogP contribution in [-0.2, 0) is 4.79 Å². The van der Waals surface area contributed by atoms with Gasteiger partial charge in [-0.2, -0.15) is 0 Å². The monoisotopic (exact) mass is 326 g/mol. The van der Waals surface area contributed by atoms with Gasteiger partial charge >= 0.3 is 5.97 Å². The summed E-state index contributed by atoms with van der Waals surface area (Å²) in [4.78, 5) is 11.9. The van der Waals surface area contributed by atoms with E-state index in [-0.39, 0.29) is 5.92 Å². The highest BCUT2D eigenvalue weighted by molar-refractivity contribution is 9.10. The van der Waals surface area contributed by atoms with Crippen molar-refractivity contribution in [2.75, 3.05) is 18.4 Å². The largest absolute Gasteiger partial charge is 0.479 e. The van der Waals surface area contributed by atoms with Crippen molar-refractivity contribution in [2.24, 2.45) is 5.92 Å². The highest BCUT2D eigenvalue weighted by Gasteiger charge is 2.46. The molecule has 104 valence electrons. The molecule has 0 aliphatic carbocycles. The third-order valence-electron chi connectivity index (χ3n) is 3.89. The molecule has 0 aromatic heterocycles. The first-order valence-electron chi connectivity index (χ1n) is 6.57. The fourth-order valence-corrected chi connectivity index (χ4v) is 3.12. The molecular weight excluding hydrogens is 308 g/mol. The number of carbonyl (C=O) groups is 1. The summed E-state index contributed by atoms with van der Waals surface area (Å²) in [6.07, 6.45) is 1.42. The zero-order valence-corrected chi connectivity index (χ0v) is 12.5. The highest BCUT2D eigenvalue weighted by Crippen LogP contribution is 2.34. The molecule has 0 radical (unpaired) electrons. The molecule has 1 aliphatic heterocycles. The molecule has 1 aromatic rings. The van der Waals surface area contributed by atoms with Gasteiger partial charge in [0, 0.05) is 22.6 Å². The number of carboxylic acid groups (broad SMARTS) is 1. The van der Waals surface area contributed by atoms with E-state index in [0.717, 1.165) is 29.7 Å². The average molecular weight is 327 g/mol. The van der Waals surface area contributed by atoms with Crippen molar-refractivity contribution in [3.63, 3.8) is 0 Å². The van der Waals surface area contributed by atoms with E-state index < -0.39 is 11.5 Å². The minimum atomic E-state index is -0.885. The predicted octanol–water partition coefficient (Wildman–Crippen LogP) is 2.70. The van der Waals surface area contributed by atoms with E-state index in [1.54, 1.807) is 0 Å². The second-order valence-electron chi connectivity index (χ2n) is 4.94. The Balaban J connectivity index is 2.34. The maximum atomic E-state index is 11.9. The number of nitrogens with one attached hydrogen (secondary N) is 2. The van der Waals surface area contributed by atoms with Crippen molar-refractivity contribution in [1.29, 1.82) is 0 Å². The number of benzene rings is 1. The first kappa shape index (κ1) is 14.3. The molecule has 1 fully saturated rings. The molecule has 1 saturated heterocycles. The first-order valence-corrected chi connectivity index (χ1v) is 7.36. The van der Waals surface area contributed by atoms with Crippen LogP contribution in [0, 0.1) is 5.92 Å². The molecule has 4 nitrogen and oxygen atoms in total. The maximum Gasteiger partial charge on any atom is 0.329 e. The number of aliphatic carboxylic acids is 1. The summed E-state index contributed by atoms with van der Waals surface area (Å²) in [5.74, 6) is -0.692. The SMILES string of the molecule is CCC1CNCCC1(Nc1ccccc1Br)C(=O)O. The molecule has 0 amide bonds. The molecule has 19 heavy (non-hydrogen) atoms. The standard InChI is InChI=1S/C14H19BrN2O2/c1-2-10-9-16-8-7-14(10,13(18)19)17-12-6-4-3-5-11(12)15/h3-6,10,16-17H,2,7-9H2,1H3,(H,18,19). The summed E-state index contributed by atoms with van der Waals surface area (Å²) < 4.78 is 0.893. The predicted molar refractivity (Wildman–Crippen MR) is 79.4 cm³/mol. The highest BCUT2D eigenvalue weighted by atomic mass is 79.9. The molecule has 2 unspecified atom stereocenters. The van der Waals surface area contributed by atoms with Crippen LogP contribution in [0.3, 0.4) is 0 Å².